The first-order chi connectivity index (χ1) is 8.25. The number of hydrogen-bond donors (Lipinski definition) is 1. The zero-order chi connectivity index (χ0) is 12.1. The van der Waals surface area contributed by atoms with Crippen LogP contribution in [0.2, 0.25) is 0 Å². The lowest BCUT2D eigenvalue weighted by atomic mass is 10.2. The minimum absolute atomic E-state index is 0.211. The van der Waals surface area contributed by atoms with Crippen molar-refractivity contribution in [3.63, 3.8) is 0 Å². The topological polar surface area (TPSA) is 77.2 Å². The van der Waals surface area contributed by atoms with E-state index in [2.05, 4.69) is 10.1 Å². The average Bonchev–Trinajstić information content (AvgIpc) is 2.82. The van der Waals surface area contributed by atoms with E-state index in [1.165, 1.54) is 18.5 Å². The van der Waals surface area contributed by atoms with E-state index >= 15 is 0 Å². The number of rotatable bonds is 5. The molecule has 2 aromatic rings. The molecule has 0 radical (unpaired) electrons. The van der Waals surface area contributed by atoms with Crippen molar-refractivity contribution in [3.8, 4) is 5.75 Å². The first-order valence-electron chi connectivity index (χ1n) is 5.04. The summed E-state index contributed by atoms with van der Waals surface area (Å²) in [6.07, 6.45) is 3.04. The van der Waals surface area contributed by atoms with Crippen molar-refractivity contribution in [1.82, 2.24) is 14.8 Å². The molecule has 0 unspecified atom stereocenters. The van der Waals surface area contributed by atoms with E-state index in [1.807, 2.05) is 0 Å². The molecule has 17 heavy (non-hydrogen) atoms. The lowest BCUT2D eigenvalue weighted by Gasteiger charge is -2.06. The Morgan fingerprint density at radius 1 is 1.47 bits per heavy atom. The molecule has 0 aliphatic rings. The Labute approximate surface area is 97.5 Å². The molecule has 0 spiro atoms. The second-order valence-electron chi connectivity index (χ2n) is 3.34. The number of aromatic nitrogens is 3. The molecule has 0 aliphatic heterocycles. The molecule has 0 bridgehead atoms. The number of ether oxygens (including phenoxy) is 1. The van der Waals surface area contributed by atoms with Crippen LogP contribution in [0.3, 0.4) is 0 Å². The van der Waals surface area contributed by atoms with Gasteiger partial charge in [0, 0.05) is 0 Å². The highest BCUT2D eigenvalue weighted by Gasteiger charge is 2.03. The van der Waals surface area contributed by atoms with Gasteiger partial charge in [-0.3, -0.25) is 0 Å². The van der Waals surface area contributed by atoms with E-state index in [4.69, 9.17) is 9.84 Å². The van der Waals surface area contributed by atoms with Crippen LogP contribution in [-0.2, 0) is 6.54 Å². The molecule has 1 aromatic carbocycles. The molecule has 1 N–H and O–H groups in total. The van der Waals surface area contributed by atoms with Crippen LogP contribution < -0.4 is 4.74 Å². The number of nitrogens with zero attached hydrogens (tertiary/aromatic N) is 3. The molecule has 2 rings (SSSR count). The molecule has 0 amide bonds. The summed E-state index contributed by atoms with van der Waals surface area (Å²) >= 11 is 0. The first kappa shape index (κ1) is 11.1. The summed E-state index contributed by atoms with van der Waals surface area (Å²) in [4.78, 5) is 14.5. The van der Waals surface area contributed by atoms with Crippen molar-refractivity contribution >= 4 is 5.97 Å². The van der Waals surface area contributed by atoms with Gasteiger partial charge >= 0.3 is 5.97 Å². The zero-order valence-corrected chi connectivity index (χ0v) is 8.98. The summed E-state index contributed by atoms with van der Waals surface area (Å²) in [5.41, 5.74) is 0.211. The predicted octanol–water partition coefficient (Wildman–Crippen LogP) is 1.06. The summed E-state index contributed by atoms with van der Waals surface area (Å²) in [7, 11) is 0. The van der Waals surface area contributed by atoms with Gasteiger partial charge in [0.15, 0.2) is 0 Å². The van der Waals surface area contributed by atoms with Gasteiger partial charge in [0.2, 0.25) is 0 Å². The number of benzene rings is 1. The van der Waals surface area contributed by atoms with Gasteiger partial charge in [-0.25, -0.2) is 14.5 Å². The van der Waals surface area contributed by atoms with Crippen molar-refractivity contribution in [2.24, 2.45) is 0 Å². The van der Waals surface area contributed by atoms with Gasteiger partial charge < -0.3 is 9.84 Å². The fraction of sp³-hybridized carbons (Fsp3) is 0.182. The van der Waals surface area contributed by atoms with Gasteiger partial charge in [0.25, 0.3) is 0 Å². The van der Waals surface area contributed by atoms with Crippen molar-refractivity contribution in [1.29, 1.82) is 0 Å². The van der Waals surface area contributed by atoms with Gasteiger partial charge in [-0.1, -0.05) is 6.07 Å². The Bertz CT molecular complexity index is 496. The normalized spacial score (nSPS) is 10.1. The fourth-order valence-corrected chi connectivity index (χ4v) is 1.32. The summed E-state index contributed by atoms with van der Waals surface area (Å²) in [5.74, 6) is -0.434. The van der Waals surface area contributed by atoms with Crippen molar-refractivity contribution in [2.45, 2.75) is 6.54 Å². The first-order valence-corrected chi connectivity index (χ1v) is 5.04. The Kier molecular flexibility index (Phi) is 3.34. The Morgan fingerprint density at radius 3 is 3.06 bits per heavy atom. The van der Waals surface area contributed by atoms with Crippen LogP contribution in [0.15, 0.2) is 36.9 Å². The summed E-state index contributed by atoms with van der Waals surface area (Å²) in [5, 5.41) is 12.7. The molecule has 88 valence electrons. The van der Waals surface area contributed by atoms with Crippen LogP contribution in [-0.4, -0.2) is 32.4 Å². The van der Waals surface area contributed by atoms with Crippen molar-refractivity contribution < 1.29 is 14.6 Å². The monoisotopic (exact) mass is 233 g/mol. The smallest absolute Gasteiger partial charge is 0.335 e. The van der Waals surface area contributed by atoms with E-state index in [0.717, 1.165) is 0 Å². The van der Waals surface area contributed by atoms with Gasteiger partial charge in [-0.15, -0.1) is 0 Å². The summed E-state index contributed by atoms with van der Waals surface area (Å²) in [6, 6.07) is 6.37. The van der Waals surface area contributed by atoms with E-state index in [9.17, 15) is 4.79 Å². The molecule has 1 aromatic heterocycles. The maximum absolute atomic E-state index is 10.7. The molecule has 0 aliphatic carbocycles. The highest BCUT2D eigenvalue weighted by Crippen LogP contribution is 2.13. The van der Waals surface area contributed by atoms with Crippen LogP contribution in [0, 0.1) is 0 Å². The molecular weight excluding hydrogens is 222 g/mol. The minimum atomic E-state index is -0.966. The highest BCUT2D eigenvalue weighted by atomic mass is 16.5. The van der Waals surface area contributed by atoms with E-state index in [1.54, 1.807) is 23.1 Å². The quantitative estimate of drug-likeness (QED) is 0.835. The molecule has 0 fully saturated rings. The highest BCUT2D eigenvalue weighted by molar-refractivity contribution is 5.87. The summed E-state index contributed by atoms with van der Waals surface area (Å²) in [6.45, 7) is 0.976. The third-order valence-corrected chi connectivity index (χ3v) is 2.14. The Hall–Kier alpha value is -2.37. The number of carboxylic acids is 1. The van der Waals surface area contributed by atoms with Gasteiger partial charge in [0.05, 0.1) is 12.1 Å². The maximum atomic E-state index is 10.7. The SMILES string of the molecule is O=C(O)c1cccc(OCCn2cncn2)c1. The van der Waals surface area contributed by atoms with Crippen molar-refractivity contribution in [3.05, 3.63) is 42.5 Å². The Morgan fingerprint density at radius 2 is 2.35 bits per heavy atom. The van der Waals surface area contributed by atoms with Gasteiger partial charge in [0.1, 0.15) is 25.0 Å². The zero-order valence-electron chi connectivity index (χ0n) is 8.98. The van der Waals surface area contributed by atoms with Crippen molar-refractivity contribution in [2.75, 3.05) is 6.61 Å². The van der Waals surface area contributed by atoms with Crippen LogP contribution >= 0.6 is 0 Å². The Balaban J connectivity index is 1.90. The number of carboxylic acid groups (broad SMARTS) is 1. The van der Waals surface area contributed by atoms with Crippen LogP contribution in [0.4, 0.5) is 0 Å². The summed E-state index contributed by atoms with van der Waals surface area (Å²) < 4.78 is 7.06. The molecule has 0 atom stereocenters. The van der Waals surface area contributed by atoms with E-state index in [-0.39, 0.29) is 5.56 Å². The second-order valence-corrected chi connectivity index (χ2v) is 3.34. The predicted molar refractivity (Wildman–Crippen MR) is 58.9 cm³/mol. The second kappa shape index (κ2) is 5.11. The van der Waals surface area contributed by atoms with Gasteiger partial charge in [-0.2, -0.15) is 5.10 Å². The largest absolute Gasteiger partial charge is 0.492 e. The standard InChI is InChI=1S/C11H11N3O3/c15-11(16)9-2-1-3-10(6-9)17-5-4-14-8-12-7-13-14/h1-3,6-8H,4-5H2,(H,15,16). The third-order valence-electron chi connectivity index (χ3n) is 2.14. The number of aromatic carboxylic acids is 1. The van der Waals surface area contributed by atoms with E-state index < -0.39 is 5.97 Å². The maximum Gasteiger partial charge on any atom is 0.335 e. The molecule has 0 saturated heterocycles. The average molecular weight is 233 g/mol. The molecule has 0 saturated carbocycles. The molecule has 1 heterocycles. The molecule has 6 heteroatoms. The number of hydrogen-bond acceptors (Lipinski definition) is 4. The number of carbonyl (C=O) groups is 1. The minimum Gasteiger partial charge on any atom is -0.492 e. The third kappa shape index (κ3) is 3.04. The molecular formula is C11H11N3O3. The van der Waals surface area contributed by atoms with Crippen LogP contribution in [0.5, 0.6) is 5.75 Å². The van der Waals surface area contributed by atoms with E-state index in [0.29, 0.717) is 18.9 Å². The molecule has 6 nitrogen and oxygen atoms in total. The lowest BCUT2D eigenvalue weighted by Crippen LogP contribution is -2.08. The van der Waals surface area contributed by atoms with Gasteiger partial charge in [-0.05, 0) is 18.2 Å². The van der Waals surface area contributed by atoms with Crippen LogP contribution in [0.1, 0.15) is 10.4 Å². The van der Waals surface area contributed by atoms with Crippen LogP contribution in [0.25, 0.3) is 0 Å². The fourth-order valence-electron chi connectivity index (χ4n) is 1.32. The lowest BCUT2D eigenvalue weighted by molar-refractivity contribution is 0.0696.